The van der Waals surface area contributed by atoms with Crippen LogP contribution in [0.5, 0.6) is 0 Å². The van der Waals surface area contributed by atoms with Crippen molar-refractivity contribution < 1.29 is 9.84 Å². The summed E-state index contributed by atoms with van der Waals surface area (Å²) in [5.74, 6) is 0.243. The zero-order valence-electron chi connectivity index (χ0n) is 11.1. The topological polar surface area (TPSA) is 42.4 Å². The molecule has 3 heteroatoms. The number of aromatic nitrogens is 1. The normalized spacial score (nSPS) is 24.7. The Morgan fingerprint density at radius 3 is 3.00 bits per heavy atom. The summed E-state index contributed by atoms with van der Waals surface area (Å²) in [6.07, 6.45) is 3.25. The van der Waals surface area contributed by atoms with E-state index in [1.54, 1.807) is 0 Å². The molecule has 0 aliphatic carbocycles. The van der Waals surface area contributed by atoms with Gasteiger partial charge in [-0.25, -0.2) is 0 Å². The number of hydrogen-bond acceptors (Lipinski definition) is 3. The number of ether oxygens (including phenoxy) is 1. The van der Waals surface area contributed by atoms with Crippen molar-refractivity contribution in [3.63, 3.8) is 0 Å². The Bertz CT molecular complexity index is 564. The second-order valence-electron chi connectivity index (χ2n) is 5.29. The molecule has 3 unspecified atom stereocenters. The largest absolute Gasteiger partial charge is 0.392 e. The molecule has 3 rings (SSSR count). The molecule has 0 spiro atoms. The van der Waals surface area contributed by atoms with Gasteiger partial charge in [0.05, 0.1) is 17.7 Å². The van der Waals surface area contributed by atoms with Crippen LogP contribution < -0.4 is 0 Å². The molecule has 1 fully saturated rings. The van der Waals surface area contributed by atoms with E-state index in [0.717, 1.165) is 29.5 Å². The van der Waals surface area contributed by atoms with Crippen LogP contribution in [0.2, 0.25) is 0 Å². The molecule has 0 radical (unpaired) electrons. The van der Waals surface area contributed by atoms with Gasteiger partial charge < -0.3 is 9.84 Å². The molecule has 0 amide bonds. The summed E-state index contributed by atoms with van der Waals surface area (Å²) in [5, 5.41) is 11.6. The molecule has 1 aromatic carbocycles. The fraction of sp³-hybridized carbons (Fsp3) is 0.438. The smallest absolute Gasteiger partial charge is 0.0704 e. The minimum absolute atomic E-state index is 0.156. The van der Waals surface area contributed by atoms with Crippen LogP contribution in [0.1, 0.15) is 18.9 Å². The van der Waals surface area contributed by atoms with Crippen LogP contribution in [-0.4, -0.2) is 28.9 Å². The summed E-state index contributed by atoms with van der Waals surface area (Å²) < 4.78 is 5.54. The molecule has 0 bridgehead atoms. The molecule has 0 saturated carbocycles. The molecule has 3 atom stereocenters. The highest BCUT2D eigenvalue weighted by molar-refractivity contribution is 5.81. The lowest BCUT2D eigenvalue weighted by Gasteiger charge is -2.21. The van der Waals surface area contributed by atoms with E-state index in [0.29, 0.717) is 6.42 Å². The van der Waals surface area contributed by atoms with Crippen molar-refractivity contribution in [2.24, 2.45) is 5.92 Å². The standard InChI is InChI=1S/C16H19NO2/c1-11-13(7-9-19-11)16(18)10-12-6-8-17-15-5-3-2-4-14(12)15/h2-6,8,11,13,16,18H,7,9-10H2,1H3. The first-order valence-electron chi connectivity index (χ1n) is 6.88. The second kappa shape index (κ2) is 5.27. The van der Waals surface area contributed by atoms with Gasteiger partial charge in [0.25, 0.3) is 0 Å². The van der Waals surface area contributed by atoms with Crippen LogP contribution >= 0.6 is 0 Å². The SMILES string of the molecule is CC1OCCC1C(O)Cc1ccnc2ccccc12. The van der Waals surface area contributed by atoms with Gasteiger partial charge in [-0.05, 0) is 37.5 Å². The number of fused-ring (bicyclic) bond motifs is 1. The summed E-state index contributed by atoms with van der Waals surface area (Å²) >= 11 is 0. The quantitative estimate of drug-likeness (QED) is 0.919. The van der Waals surface area contributed by atoms with Crippen molar-refractivity contribution in [3.8, 4) is 0 Å². The first kappa shape index (κ1) is 12.6. The molecule has 1 aliphatic rings. The molecule has 1 aromatic heterocycles. The van der Waals surface area contributed by atoms with Crippen molar-refractivity contribution >= 4 is 10.9 Å². The summed E-state index contributed by atoms with van der Waals surface area (Å²) in [7, 11) is 0. The molecular formula is C16H19NO2. The highest BCUT2D eigenvalue weighted by Crippen LogP contribution is 2.27. The molecule has 1 aliphatic heterocycles. The van der Waals surface area contributed by atoms with Gasteiger partial charge in [-0.15, -0.1) is 0 Å². The van der Waals surface area contributed by atoms with E-state index in [1.807, 2.05) is 37.4 Å². The Balaban J connectivity index is 1.85. The summed E-state index contributed by atoms with van der Waals surface area (Å²) in [4.78, 5) is 4.36. The lowest BCUT2D eigenvalue weighted by Crippen LogP contribution is -2.28. The number of benzene rings is 1. The van der Waals surface area contributed by atoms with Crippen molar-refractivity contribution in [1.82, 2.24) is 4.98 Å². The maximum atomic E-state index is 10.4. The Kier molecular flexibility index (Phi) is 3.49. The Hall–Kier alpha value is -1.45. The number of aliphatic hydroxyl groups excluding tert-OH is 1. The monoisotopic (exact) mass is 257 g/mol. The van der Waals surface area contributed by atoms with Crippen molar-refractivity contribution in [3.05, 3.63) is 42.1 Å². The first-order chi connectivity index (χ1) is 9.25. The summed E-state index contributed by atoms with van der Waals surface area (Å²) in [6, 6.07) is 10.1. The van der Waals surface area contributed by atoms with Gasteiger partial charge in [0.15, 0.2) is 0 Å². The average molecular weight is 257 g/mol. The Labute approximate surface area is 113 Å². The minimum atomic E-state index is -0.344. The summed E-state index contributed by atoms with van der Waals surface area (Å²) in [5.41, 5.74) is 2.15. The van der Waals surface area contributed by atoms with Gasteiger partial charge in [-0.3, -0.25) is 4.98 Å². The molecule has 2 aromatic rings. The van der Waals surface area contributed by atoms with Gasteiger partial charge in [-0.1, -0.05) is 18.2 Å². The molecule has 19 heavy (non-hydrogen) atoms. The molecule has 3 nitrogen and oxygen atoms in total. The van der Waals surface area contributed by atoms with E-state index < -0.39 is 0 Å². The van der Waals surface area contributed by atoms with Gasteiger partial charge in [-0.2, -0.15) is 0 Å². The molecular weight excluding hydrogens is 238 g/mol. The zero-order chi connectivity index (χ0) is 13.2. The third-order valence-corrected chi connectivity index (χ3v) is 4.10. The van der Waals surface area contributed by atoms with Crippen LogP contribution in [0.15, 0.2) is 36.5 Å². The third kappa shape index (κ3) is 2.48. The van der Waals surface area contributed by atoms with Gasteiger partial charge in [0.2, 0.25) is 0 Å². The maximum Gasteiger partial charge on any atom is 0.0704 e. The fourth-order valence-corrected chi connectivity index (χ4v) is 2.96. The van der Waals surface area contributed by atoms with E-state index in [1.165, 1.54) is 0 Å². The van der Waals surface area contributed by atoms with Crippen LogP contribution in [0.25, 0.3) is 10.9 Å². The lowest BCUT2D eigenvalue weighted by molar-refractivity contribution is 0.0442. The van der Waals surface area contributed by atoms with Crippen molar-refractivity contribution in [2.75, 3.05) is 6.61 Å². The number of rotatable bonds is 3. The number of aliphatic hydroxyl groups is 1. The van der Waals surface area contributed by atoms with E-state index in [-0.39, 0.29) is 18.1 Å². The van der Waals surface area contributed by atoms with Crippen LogP contribution in [0.4, 0.5) is 0 Å². The third-order valence-electron chi connectivity index (χ3n) is 4.10. The Morgan fingerprint density at radius 1 is 1.37 bits per heavy atom. The van der Waals surface area contributed by atoms with E-state index in [4.69, 9.17) is 4.74 Å². The van der Waals surface area contributed by atoms with E-state index >= 15 is 0 Å². The fourth-order valence-electron chi connectivity index (χ4n) is 2.96. The first-order valence-corrected chi connectivity index (χ1v) is 6.88. The zero-order valence-corrected chi connectivity index (χ0v) is 11.1. The predicted octanol–water partition coefficient (Wildman–Crippen LogP) is 2.56. The van der Waals surface area contributed by atoms with Crippen LogP contribution in [0.3, 0.4) is 0 Å². The average Bonchev–Trinajstić information content (AvgIpc) is 2.85. The lowest BCUT2D eigenvalue weighted by atomic mass is 9.90. The maximum absolute atomic E-state index is 10.4. The van der Waals surface area contributed by atoms with Crippen LogP contribution in [-0.2, 0) is 11.2 Å². The minimum Gasteiger partial charge on any atom is -0.392 e. The second-order valence-corrected chi connectivity index (χ2v) is 5.29. The highest BCUT2D eigenvalue weighted by atomic mass is 16.5. The molecule has 1 N–H and O–H groups in total. The van der Waals surface area contributed by atoms with Gasteiger partial charge in [0.1, 0.15) is 0 Å². The highest BCUT2D eigenvalue weighted by Gasteiger charge is 2.30. The van der Waals surface area contributed by atoms with Gasteiger partial charge in [0, 0.05) is 24.1 Å². The Morgan fingerprint density at radius 2 is 2.21 bits per heavy atom. The number of hydrogen-bond donors (Lipinski definition) is 1. The van der Waals surface area contributed by atoms with E-state index in [9.17, 15) is 5.11 Å². The van der Waals surface area contributed by atoms with Crippen LogP contribution in [0, 0.1) is 5.92 Å². The predicted molar refractivity (Wildman–Crippen MR) is 75.0 cm³/mol. The number of para-hydroxylation sites is 1. The number of pyridine rings is 1. The van der Waals surface area contributed by atoms with Gasteiger partial charge >= 0.3 is 0 Å². The number of nitrogens with zero attached hydrogens (tertiary/aromatic N) is 1. The molecule has 1 saturated heterocycles. The van der Waals surface area contributed by atoms with Crippen molar-refractivity contribution in [1.29, 1.82) is 0 Å². The van der Waals surface area contributed by atoms with Crippen molar-refractivity contribution in [2.45, 2.75) is 32.0 Å². The molecule has 100 valence electrons. The summed E-state index contributed by atoms with van der Waals surface area (Å²) in [6.45, 7) is 2.81. The van der Waals surface area contributed by atoms with E-state index in [2.05, 4.69) is 11.1 Å². The molecule has 2 heterocycles.